The van der Waals surface area contributed by atoms with Crippen molar-refractivity contribution in [3.8, 4) is 0 Å². The molecular weight excluding hydrogens is 212 g/mol. The first-order valence-corrected chi connectivity index (χ1v) is 4.78. The van der Waals surface area contributed by atoms with Crippen molar-refractivity contribution in [1.29, 1.82) is 0 Å². The van der Waals surface area contributed by atoms with E-state index in [2.05, 4.69) is 15.6 Å². The summed E-state index contributed by atoms with van der Waals surface area (Å²) in [7, 11) is 0. The summed E-state index contributed by atoms with van der Waals surface area (Å²) in [5.74, 6) is -0.0470. The molecule has 1 atom stereocenters. The Bertz CT molecular complexity index is 435. The lowest BCUT2D eigenvalue weighted by Crippen LogP contribution is -2.22. The first kappa shape index (κ1) is 10.3. The molecule has 0 saturated carbocycles. The third-order valence-corrected chi connectivity index (χ3v) is 2.33. The fourth-order valence-corrected chi connectivity index (χ4v) is 1.58. The summed E-state index contributed by atoms with van der Waals surface area (Å²) in [6.07, 6.45) is 2.99. The highest BCUT2D eigenvalue weighted by atomic mass is 16.6. The van der Waals surface area contributed by atoms with Gasteiger partial charge in [0.05, 0.1) is 11.0 Å². The molecule has 7 nitrogen and oxygen atoms in total. The molecule has 0 radical (unpaired) electrons. The molecule has 1 saturated heterocycles. The van der Waals surface area contributed by atoms with E-state index in [1.165, 1.54) is 18.5 Å². The number of hydrogen-bond donors (Lipinski definition) is 2. The van der Waals surface area contributed by atoms with Gasteiger partial charge in [0, 0.05) is 19.2 Å². The molecule has 1 fully saturated rings. The normalized spacial score (nSPS) is 19.2. The molecule has 2 rings (SSSR count). The largest absolute Gasteiger partial charge is 0.374 e. The van der Waals surface area contributed by atoms with Gasteiger partial charge in [-0.2, -0.15) is 0 Å². The minimum Gasteiger partial charge on any atom is -0.374 e. The number of carbonyl (C=O) groups excluding carboxylic acids is 1. The Morgan fingerprint density at radius 1 is 1.62 bits per heavy atom. The number of pyridine rings is 1. The molecule has 7 heteroatoms. The molecule has 16 heavy (non-hydrogen) atoms. The minimum atomic E-state index is -0.500. The van der Waals surface area contributed by atoms with Gasteiger partial charge in [-0.05, 0) is 6.07 Å². The summed E-state index contributed by atoms with van der Waals surface area (Å²) in [4.78, 5) is 24.9. The number of nitro groups is 1. The fraction of sp³-hybridized carbons (Fsp3) is 0.333. The van der Waals surface area contributed by atoms with Crippen LogP contribution in [0.3, 0.4) is 0 Å². The van der Waals surface area contributed by atoms with Gasteiger partial charge in [0.1, 0.15) is 11.9 Å². The molecule has 1 aromatic heterocycles. The third-order valence-electron chi connectivity index (χ3n) is 2.33. The van der Waals surface area contributed by atoms with Crippen molar-refractivity contribution in [3.63, 3.8) is 0 Å². The molecule has 2 N–H and O–H groups in total. The van der Waals surface area contributed by atoms with Crippen LogP contribution in [0, 0.1) is 10.1 Å². The van der Waals surface area contributed by atoms with Crippen molar-refractivity contribution in [2.75, 3.05) is 11.9 Å². The summed E-state index contributed by atoms with van der Waals surface area (Å²) in [5, 5.41) is 16.3. The van der Waals surface area contributed by atoms with Gasteiger partial charge >= 0.3 is 5.69 Å². The Morgan fingerprint density at radius 2 is 2.44 bits per heavy atom. The van der Waals surface area contributed by atoms with Crippen LogP contribution in [-0.2, 0) is 4.79 Å². The van der Waals surface area contributed by atoms with Crippen molar-refractivity contribution < 1.29 is 9.72 Å². The van der Waals surface area contributed by atoms with Crippen LogP contribution in [0.5, 0.6) is 0 Å². The number of anilines is 1. The van der Waals surface area contributed by atoms with Gasteiger partial charge in [-0.25, -0.2) is 0 Å². The highest BCUT2D eigenvalue weighted by molar-refractivity contribution is 5.80. The number of nitrogens with one attached hydrogen (secondary N) is 2. The van der Waals surface area contributed by atoms with E-state index in [1.807, 2.05) is 0 Å². The molecule has 0 spiro atoms. The zero-order valence-corrected chi connectivity index (χ0v) is 8.34. The second-order valence-electron chi connectivity index (χ2n) is 3.50. The zero-order valence-electron chi connectivity index (χ0n) is 8.34. The number of carbonyl (C=O) groups is 1. The van der Waals surface area contributed by atoms with E-state index in [-0.39, 0.29) is 17.6 Å². The minimum absolute atomic E-state index is 0.0470. The van der Waals surface area contributed by atoms with Gasteiger partial charge in [-0.15, -0.1) is 0 Å². The highest BCUT2D eigenvalue weighted by Crippen LogP contribution is 2.23. The maximum Gasteiger partial charge on any atom is 0.310 e. The van der Waals surface area contributed by atoms with Crippen molar-refractivity contribution in [1.82, 2.24) is 10.3 Å². The molecule has 84 valence electrons. The van der Waals surface area contributed by atoms with Crippen molar-refractivity contribution >= 4 is 17.3 Å². The quantitative estimate of drug-likeness (QED) is 0.566. The number of amides is 1. The van der Waals surface area contributed by atoms with Gasteiger partial charge in [0.2, 0.25) is 5.91 Å². The Morgan fingerprint density at radius 3 is 3.06 bits per heavy atom. The summed E-state index contributed by atoms with van der Waals surface area (Å²) >= 11 is 0. The van der Waals surface area contributed by atoms with Gasteiger partial charge in [0.25, 0.3) is 0 Å². The highest BCUT2D eigenvalue weighted by Gasteiger charge is 2.23. The molecule has 1 aliphatic rings. The predicted molar refractivity (Wildman–Crippen MR) is 55.9 cm³/mol. The molecular formula is C9H10N4O3. The van der Waals surface area contributed by atoms with Crippen LogP contribution in [0.25, 0.3) is 0 Å². The van der Waals surface area contributed by atoms with Crippen LogP contribution < -0.4 is 10.6 Å². The average molecular weight is 222 g/mol. The van der Waals surface area contributed by atoms with E-state index in [1.54, 1.807) is 0 Å². The number of nitrogens with zero attached hydrogens (tertiary/aromatic N) is 2. The van der Waals surface area contributed by atoms with Crippen molar-refractivity contribution in [2.24, 2.45) is 0 Å². The second kappa shape index (κ2) is 4.13. The molecule has 1 aromatic rings. The number of rotatable bonds is 3. The molecule has 1 unspecified atom stereocenters. The Hall–Kier alpha value is -2.18. The molecule has 0 aromatic carbocycles. The number of aromatic nitrogens is 1. The van der Waals surface area contributed by atoms with Gasteiger partial charge < -0.3 is 10.6 Å². The summed E-state index contributed by atoms with van der Waals surface area (Å²) in [6.45, 7) is 0.484. The van der Waals surface area contributed by atoms with Crippen molar-refractivity contribution in [3.05, 3.63) is 28.6 Å². The van der Waals surface area contributed by atoms with Crippen LogP contribution in [0.2, 0.25) is 0 Å². The van der Waals surface area contributed by atoms with Crippen LogP contribution in [0.1, 0.15) is 6.42 Å². The Labute approximate surface area is 91.0 Å². The van der Waals surface area contributed by atoms with Crippen LogP contribution in [0.15, 0.2) is 18.5 Å². The van der Waals surface area contributed by atoms with Crippen molar-refractivity contribution in [2.45, 2.75) is 12.5 Å². The van der Waals surface area contributed by atoms with Crippen LogP contribution in [-0.4, -0.2) is 28.4 Å². The van der Waals surface area contributed by atoms with Gasteiger partial charge in [0.15, 0.2) is 0 Å². The Kier molecular flexibility index (Phi) is 2.67. The summed E-state index contributed by atoms with van der Waals surface area (Å²) < 4.78 is 0. The van der Waals surface area contributed by atoms with E-state index >= 15 is 0 Å². The second-order valence-corrected chi connectivity index (χ2v) is 3.50. The van der Waals surface area contributed by atoms with Crippen LogP contribution >= 0.6 is 0 Å². The third kappa shape index (κ3) is 2.08. The molecule has 2 heterocycles. The van der Waals surface area contributed by atoms with Gasteiger partial charge in [-0.3, -0.25) is 19.9 Å². The number of hydrogen-bond acceptors (Lipinski definition) is 5. The predicted octanol–water partition coefficient (Wildman–Crippen LogP) is 0.290. The van der Waals surface area contributed by atoms with Gasteiger partial charge in [-0.1, -0.05) is 0 Å². The fourth-order valence-electron chi connectivity index (χ4n) is 1.58. The topological polar surface area (TPSA) is 97.2 Å². The maximum atomic E-state index is 11.0. The first-order valence-electron chi connectivity index (χ1n) is 4.78. The van der Waals surface area contributed by atoms with E-state index in [9.17, 15) is 14.9 Å². The Balaban J connectivity index is 2.14. The SMILES string of the molecule is O=C1CC(Nc2ccncc2[N+](=O)[O-])CN1. The molecule has 1 amide bonds. The zero-order chi connectivity index (χ0) is 11.5. The summed E-state index contributed by atoms with van der Waals surface area (Å²) in [6, 6.07) is 1.43. The average Bonchev–Trinajstić information content (AvgIpc) is 2.64. The van der Waals surface area contributed by atoms with E-state index in [4.69, 9.17) is 0 Å². The monoisotopic (exact) mass is 222 g/mol. The lowest BCUT2D eigenvalue weighted by molar-refractivity contribution is -0.384. The summed E-state index contributed by atoms with van der Waals surface area (Å²) in [5.41, 5.74) is 0.309. The van der Waals surface area contributed by atoms with E-state index in [0.717, 1.165) is 0 Å². The van der Waals surface area contributed by atoms with E-state index in [0.29, 0.717) is 18.7 Å². The smallest absolute Gasteiger partial charge is 0.310 e. The molecule has 1 aliphatic heterocycles. The first-order chi connectivity index (χ1) is 7.66. The lowest BCUT2D eigenvalue weighted by atomic mass is 10.2. The van der Waals surface area contributed by atoms with E-state index < -0.39 is 4.92 Å². The maximum absolute atomic E-state index is 11.0. The molecule has 0 aliphatic carbocycles. The van der Waals surface area contributed by atoms with Crippen LogP contribution in [0.4, 0.5) is 11.4 Å². The standard InChI is InChI=1S/C9H10N4O3/c14-9-3-6(4-11-9)12-7-1-2-10-5-8(7)13(15)16/h1-2,5-6H,3-4H2,(H,10,12)(H,11,14). The lowest BCUT2D eigenvalue weighted by Gasteiger charge is -2.11. The molecule has 0 bridgehead atoms.